The Morgan fingerprint density at radius 2 is 2.24 bits per heavy atom. The molecule has 1 heterocycles. The number of benzene rings is 1. The third kappa shape index (κ3) is 1.65. The Bertz CT molecular complexity index is 538. The summed E-state index contributed by atoms with van der Waals surface area (Å²) in [7, 11) is 2.07. The van der Waals surface area contributed by atoms with Gasteiger partial charge in [-0.2, -0.15) is 5.10 Å². The van der Waals surface area contributed by atoms with Gasteiger partial charge in [0.05, 0.1) is 5.52 Å². The van der Waals surface area contributed by atoms with Crippen LogP contribution in [0.2, 0.25) is 0 Å². The van der Waals surface area contributed by atoms with Gasteiger partial charge in [-0.05, 0) is 37.4 Å². The van der Waals surface area contributed by atoms with E-state index < -0.39 is 0 Å². The number of fused-ring (bicyclic) bond motifs is 1. The molecule has 0 unspecified atom stereocenters. The van der Waals surface area contributed by atoms with Crippen molar-refractivity contribution in [2.45, 2.75) is 31.6 Å². The Labute approximate surface area is 102 Å². The first kappa shape index (κ1) is 10.8. The zero-order valence-electron chi connectivity index (χ0n) is 10.3. The topological polar surface area (TPSA) is 43.8 Å². The van der Waals surface area contributed by atoms with Crippen LogP contribution in [0.15, 0.2) is 18.2 Å². The van der Waals surface area contributed by atoms with E-state index in [1.54, 1.807) is 0 Å². The first-order valence-electron chi connectivity index (χ1n) is 6.46. The monoisotopic (exact) mass is 229 g/mol. The minimum absolute atomic E-state index is 0.706. The largest absolute Gasteiger partial charge is 0.330 e. The molecule has 3 heteroatoms. The fourth-order valence-electron chi connectivity index (χ4n) is 2.86. The van der Waals surface area contributed by atoms with Crippen molar-refractivity contribution in [2.75, 3.05) is 6.54 Å². The van der Waals surface area contributed by atoms with Crippen molar-refractivity contribution in [3.8, 4) is 0 Å². The normalized spacial score (nSPS) is 16.4. The van der Waals surface area contributed by atoms with Gasteiger partial charge in [0, 0.05) is 24.0 Å². The molecule has 1 aromatic heterocycles. The second-order valence-corrected chi connectivity index (χ2v) is 4.99. The van der Waals surface area contributed by atoms with E-state index in [2.05, 4.69) is 35.0 Å². The summed E-state index contributed by atoms with van der Waals surface area (Å²) in [6.45, 7) is 0.706. The fraction of sp³-hybridized carbons (Fsp3) is 0.500. The van der Waals surface area contributed by atoms with Crippen molar-refractivity contribution in [2.24, 2.45) is 12.8 Å². The zero-order chi connectivity index (χ0) is 11.8. The molecule has 1 saturated carbocycles. The molecule has 0 amide bonds. The van der Waals surface area contributed by atoms with Crippen LogP contribution in [0.3, 0.4) is 0 Å². The van der Waals surface area contributed by atoms with Crippen LogP contribution in [0.25, 0.3) is 10.9 Å². The van der Waals surface area contributed by atoms with Crippen LogP contribution in [0, 0.1) is 0 Å². The number of aryl methyl sites for hydroxylation is 1. The van der Waals surface area contributed by atoms with Crippen molar-refractivity contribution in [3.63, 3.8) is 0 Å². The van der Waals surface area contributed by atoms with Crippen molar-refractivity contribution in [3.05, 3.63) is 29.5 Å². The molecule has 17 heavy (non-hydrogen) atoms. The molecule has 2 aromatic rings. The Morgan fingerprint density at radius 3 is 2.88 bits per heavy atom. The minimum Gasteiger partial charge on any atom is -0.330 e. The molecular weight excluding hydrogens is 210 g/mol. The van der Waals surface area contributed by atoms with Crippen molar-refractivity contribution in [1.29, 1.82) is 0 Å². The number of aromatic nitrogens is 2. The zero-order valence-corrected chi connectivity index (χ0v) is 10.3. The van der Waals surface area contributed by atoms with Crippen LogP contribution >= 0.6 is 0 Å². The SMILES string of the molecule is Cn1nc2cccc(CCN)c2c1C1CCC1. The smallest absolute Gasteiger partial charge is 0.0929 e. The summed E-state index contributed by atoms with van der Waals surface area (Å²) >= 11 is 0. The van der Waals surface area contributed by atoms with Gasteiger partial charge in [0.15, 0.2) is 0 Å². The van der Waals surface area contributed by atoms with Gasteiger partial charge in [-0.3, -0.25) is 4.68 Å². The Morgan fingerprint density at radius 1 is 1.41 bits per heavy atom. The third-order valence-electron chi connectivity index (χ3n) is 3.90. The average molecular weight is 229 g/mol. The lowest BCUT2D eigenvalue weighted by molar-refractivity contribution is 0.399. The quantitative estimate of drug-likeness (QED) is 0.878. The molecule has 1 aliphatic carbocycles. The molecule has 0 atom stereocenters. The van der Waals surface area contributed by atoms with Crippen LogP contribution in [-0.4, -0.2) is 16.3 Å². The summed E-state index contributed by atoms with van der Waals surface area (Å²) in [6, 6.07) is 6.39. The van der Waals surface area contributed by atoms with Crippen molar-refractivity contribution in [1.82, 2.24) is 9.78 Å². The van der Waals surface area contributed by atoms with Crippen LogP contribution in [0.4, 0.5) is 0 Å². The van der Waals surface area contributed by atoms with Crippen LogP contribution < -0.4 is 5.73 Å². The van der Waals surface area contributed by atoms with Gasteiger partial charge in [0.1, 0.15) is 0 Å². The maximum Gasteiger partial charge on any atom is 0.0929 e. The van der Waals surface area contributed by atoms with Gasteiger partial charge in [-0.25, -0.2) is 0 Å². The number of nitrogens with zero attached hydrogens (tertiary/aromatic N) is 2. The lowest BCUT2D eigenvalue weighted by atomic mass is 9.81. The minimum atomic E-state index is 0.706. The highest BCUT2D eigenvalue weighted by atomic mass is 15.3. The highest BCUT2D eigenvalue weighted by Crippen LogP contribution is 2.40. The molecule has 3 nitrogen and oxygen atoms in total. The maximum absolute atomic E-state index is 5.70. The van der Waals surface area contributed by atoms with E-state index in [9.17, 15) is 0 Å². The van der Waals surface area contributed by atoms with E-state index in [1.807, 2.05) is 0 Å². The first-order valence-corrected chi connectivity index (χ1v) is 6.46. The molecule has 90 valence electrons. The lowest BCUT2D eigenvalue weighted by Crippen LogP contribution is -2.14. The van der Waals surface area contributed by atoms with E-state index in [1.165, 1.54) is 35.9 Å². The van der Waals surface area contributed by atoms with E-state index in [-0.39, 0.29) is 0 Å². The Kier molecular flexibility index (Phi) is 2.63. The predicted octanol–water partition coefficient (Wildman–Crippen LogP) is 2.34. The van der Waals surface area contributed by atoms with E-state index in [0.717, 1.165) is 11.9 Å². The van der Waals surface area contributed by atoms with Gasteiger partial charge in [-0.15, -0.1) is 0 Å². The van der Waals surface area contributed by atoms with Crippen LogP contribution in [0.1, 0.15) is 36.4 Å². The summed E-state index contributed by atoms with van der Waals surface area (Å²) in [5, 5.41) is 6.00. The molecule has 0 saturated heterocycles. The summed E-state index contributed by atoms with van der Waals surface area (Å²) in [4.78, 5) is 0. The van der Waals surface area contributed by atoms with Crippen molar-refractivity contribution >= 4 is 10.9 Å². The van der Waals surface area contributed by atoms with E-state index >= 15 is 0 Å². The molecule has 0 radical (unpaired) electrons. The Hall–Kier alpha value is -1.35. The van der Waals surface area contributed by atoms with Crippen molar-refractivity contribution < 1.29 is 0 Å². The second-order valence-electron chi connectivity index (χ2n) is 4.99. The second kappa shape index (κ2) is 4.15. The number of hydrogen-bond acceptors (Lipinski definition) is 2. The third-order valence-corrected chi connectivity index (χ3v) is 3.90. The molecule has 0 aliphatic heterocycles. The van der Waals surface area contributed by atoms with Gasteiger partial charge in [-0.1, -0.05) is 18.6 Å². The van der Waals surface area contributed by atoms with Gasteiger partial charge in [0.25, 0.3) is 0 Å². The summed E-state index contributed by atoms with van der Waals surface area (Å²) < 4.78 is 2.08. The van der Waals surface area contributed by atoms with Crippen LogP contribution in [0.5, 0.6) is 0 Å². The first-order chi connectivity index (χ1) is 8.31. The molecular formula is C14H19N3. The summed E-state index contributed by atoms with van der Waals surface area (Å²) in [6.07, 6.45) is 4.93. The average Bonchev–Trinajstić information content (AvgIpc) is 2.55. The summed E-state index contributed by atoms with van der Waals surface area (Å²) in [5.74, 6) is 0.712. The van der Waals surface area contributed by atoms with Gasteiger partial charge in [0.2, 0.25) is 0 Å². The number of rotatable bonds is 3. The highest BCUT2D eigenvalue weighted by Gasteiger charge is 2.26. The fourth-order valence-corrected chi connectivity index (χ4v) is 2.86. The highest BCUT2D eigenvalue weighted by molar-refractivity contribution is 5.85. The lowest BCUT2D eigenvalue weighted by Gasteiger charge is -2.26. The van der Waals surface area contributed by atoms with Gasteiger partial charge >= 0.3 is 0 Å². The molecule has 1 aromatic carbocycles. The molecule has 0 spiro atoms. The van der Waals surface area contributed by atoms with Crippen LogP contribution in [-0.2, 0) is 13.5 Å². The predicted molar refractivity (Wildman–Crippen MR) is 70.1 cm³/mol. The standard InChI is InChI=1S/C14H19N3/c1-17-14(11-5-2-6-11)13-10(8-9-15)4-3-7-12(13)16-17/h3-4,7,11H,2,5-6,8-9,15H2,1H3. The van der Waals surface area contributed by atoms with E-state index in [4.69, 9.17) is 5.73 Å². The molecule has 0 bridgehead atoms. The summed E-state index contributed by atoms with van der Waals surface area (Å²) in [5.41, 5.74) is 9.62. The number of nitrogens with two attached hydrogens (primary N) is 1. The van der Waals surface area contributed by atoms with Gasteiger partial charge < -0.3 is 5.73 Å². The Balaban J connectivity index is 2.20. The molecule has 3 rings (SSSR count). The molecule has 1 aliphatic rings. The number of hydrogen-bond donors (Lipinski definition) is 1. The van der Waals surface area contributed by atoms with E-state index in [0.29, 0.717) is 12.5 Å². The maximum atomic E-state index is 5.70. The molecule has 1 fully saturated rings. The molecule has 2 N–H and O–H groups in total.